The molecule has 0 unspecified atom stereocenters. The summed E-state index contributed by atoms with van der Waals surface area (Å²) in [6.07, 6.45) is 3.55. The summed E-state index contributed by atoms with van der Waals surface area (Å²) in [5.41, 5.74) is 19.9. The fourth-order valence-electron chi connectivity index (χ4n) is 1.67. The number of hydrogen-bond donors (Lipinski definition) is 4. The number of hydrogen-bond acceptors (Lipinski definition) is 3. The molecule has 0 fully saturated rings. The van der Waals surface area contributed by atoms with Crippen molar-refractivity contribution in [1.82, 2.24) is 0 Å². The van der Waals surface area contributed by atoms with Crippen LogP contribution in [0.1, 0.15) is 33.6 Å². The van der Waals surface area contributed by atoms with E-state index in [2.05, 4.69) is 61.2 Å². The summed E-state index contributed by atoms with van der Waals surface area (Å²) in [7, 11) is 0. The summed E-state index contributed by atoms with van der Waals surface area (Å²) in [6, 6.07) is 0. The van der Waals surface area contributed by atoms with Crippen LogP contribution in [0.15, 0.2) is 11.6 Å². The molecule has 104 valence electrons. The standard InChI is InChI=1S/C9H14O.2CH4N2S/c1-7-4-8(10)6-9(2,3)5-7;2*2-1(3)4/h4H,5-6H2,1-3H3;2*(H4,2,3,4). The molecule has 7 heteroatoms. The van der Waals surface area contributed by atoms with Crippen molar-refractivity contribution in [1.29, 1.82) is 0 Å². The van der Waals surface area contributed by atoms with Gasteiger partial charge in [0.25, 0.3) is 0 Å². The minimum absolute atomic E-state index is 0.000000000000000222. The third kappa shape index (κ3) is 17.2. The van der Waals surface area contributed by atoms with Gasteiger partial charge >= 0.3 is 0 Å². The molecule has 1 aliphatic carbocycles. The summed E-state index contributed by atoms with van der Waals surface area (Å²) in [5.74, 6) is 0.286. The first-order valence-corrected chi connectivity index (χ1v) is 6.08. The summed E-state index contributed by atoms with van der Waals surface area (Å²) in [4.78, 5) is 11.0. The predicted octanol–water partition coefficient (Wildman–Crippen LogP) is 0.699. The Bertz CT molecular complexity index is 331. The zero-order valence-electron chi connectivity index (χ0n) is 11.0. The Morgan fingerprint density at radius 3 is 1.67 bits per heavy atom. The van der Waals surface area contributed by atoms with Crippen molar-refractivity contribution in [2.75, 3.05) is 0 Å². The number of thiocarbonyl (C=S) groups is 2. The van der Waals surface area contributed by atoms with Crippen molar-refractivity contribution in [3.8, 4) is 0 Å². The summed E-state index contributed by atoms with van der Waals surface area (Å²) < 4.78 is 0. The first-order chi connectivity index (χ1) is 7.96. The summed E-state index contributed by atoms with van der Waals surface area (Å²) in [6.45, 7) is 6.31. The number of nitrogens with two attached hydrogens (primary N) is 4. The van der Waals surface area contributed by atoms with Crippen molar-refractivity contribution >= 4 is 40.4 Å². The van der Waals surface area contributed by atoms with Crippen LogP contribution in [0, 0.1) is 5.41 Å². The molecule has 0 bridgehead atoms. The van der Waals surface area contributed by atoms with E-state index in [0.717, 1.165) is 6.42 Å². The summed E-state index contributed by atoms with van der Waals surface area (Å²) in [5, 5.41) is 0.000000000000000444. The first-order valence-electron chi connectivity index (χ1n) is 5.26. The van der Waals surface area contributed by atoms with E-state index >= 15 is 0 Å². The van der Waals surface area contributed by atoms with E-state index in [9.17, 15) is 4.79 Å². The highest BCUT2D eigenvalue weighted by molar-refractivity contribution is 7.80. The molecule has 0 saturated carbocycles. The van der Waals surface area contributed by atoms with Crippen LogP contribution in [0.3, 0.4) is 0 Å². The van der Waals surface area contributed by atoms with E-state index in [1.54, 1.807) is 6.08 Å². The van der Waals surface area contributed by atoms with Crippen molar-refractivity contribution in [3.63, 3.8) is 0 Å². The molecule has 0 aromatic rings. The second-order valence-corrected chi connectivity index (χ2v) is 5.72. The third-order valence-corrected chi connectivity index (χ3v) is 1.82. The molecule has 0 spiro atoms. The predicted molar refractivity (Wildman–Crippen MR) is 83.7 cm³/mol. The lowest BCUT2D eigenvalue weighted by molar-refractivity contribution is -0.117. The quantitative estimate of drug-likeness (QED) is 0.484. The highest BCUT2D eigenvalue weighted by Gasteiger charge is 2.25. The molecule has 0 heterocycles. The van der Waals surface area contributed by atoms with Gasteiger partial charge < -0.3 is 22.9 Å². The summed E-state index contributed by atoms with van der Waals surface area (Å²) >= 11 is 8.19. The zero-order valence-corrected chi connectivity index (χ0v) is 12.7. The van der Waals surface area contributed by atoms with Gasteiger partial charge in [0.15, 0.2) is 16.0 Å². The molecule has 1 aliphatic rings. The molecule has 18 heavy (non-hydrogen) atoms. The van der Waals surface area contributed by atoms with Crippen molar-refractivity contribution in [2.24, 2.45) is 28.3 Å². The van der Waals surface area contributed by atoms with Gasteiger partial charge in [-0.2, -0.15) is 0 Å². The van der Waals surface area contributed by atoms with Gasteiger partial charge in [-0.3, -0.25) is 4.79 Å². The largest absolute Gasteiger partial charge is 0.377 e. The van der Waals surface area contributed by atoms with Gasteiger partial charge in [0.05, 0.1) is 0 Å². The average Bonchev–Trinajstić information content (AvgIpc) is 1.94. The molecule has 0 radical (unpaired) electrons. The van der Waals surface area contributed by atoms with Crippen molar-refractivity contribution < 1.29 is 4.79 Å². The van der Waals surface area contributed by atoms with Crippen molar-refractivity contribution in [3.05, 3.63) is 11.6 Å². The van der Waals surface area contributed by atoms with E-state index < -0.39 is 0 Å². The van der Waals surface area contributed by atoms with Crippen LogP contribution in [0.2, 0.25) is 0 Å². The van der Waals surface area contributed by atoms with E-state index in [4.69, 9.17) is 0 Å². The van der Waals surface area contributed by atoms with Crippen LogP contribution in [-0.2, 0) is 4.79 Å². The van der Waals surface area contributed by atoms with Crippen molar-refractivity contribution in [2.45, 2.75) is 33.6 Å². The normalized spacial score (nSPS) is 16.2. The molecule has 8 N–H and O–H groups in total. The Morgan fingerprint density at radius 2 is 1.44 bits per heavy atom. The minimum atomic E-state index is 0.000000000000000222. The van der Waals surface area contributed by atoms with E-state index in [1.165, 1.54) is 5.57 Å². The Labute approximate surface area is 119 Å². The minimum Gasteiger partial charge on any atom is -0.377 e. The third-order valence-electron chi connectivity index (χ3n) is 1.82. The smallest absolute Gasteiger partial charge is 0.160 e. The highest BCUT2D eigenvalue weighted by atomic mass is 32.1. The van der Waals surface area contributed by atoms with Crippen LogP contribution in [0.5, 0.6) is 0 Å². The van der Waals surface area contributed by atoms with E-state index in [-0.39, 0.29) is 21.4 Å². The molecule has 1 rings (SSSR count). The number of allylic oxidation sites excluding steroid dienone is 2. The maximum absolute atomic E-state index is 11.0. The number of carbonyl (C=O) groups is 1. The van der Waals surface area contributed by atoms with Gasteiger partial charge in [-0.15, -0.1) is 0 Å². The second kappa shape index (κ2) is 8.82. The molecule has 0 saturated heterocycles. The molecular formula is C11H22N4OS2. The van der Waals surface area contributed by atoms with Gasteiger partial charge in [0.2, 0.25) is 0 Å². The lowest BCUT2D eigenvalue weighted by Gasteiger charge is -2.27. The Morgan fingerprint density at radius 1 is 1.11 bits per heavy atom. The Kier molecular flexibility index (Phi) is 9.38. The molecule has 5 nitrogen and oxygen atoms in total. The lowest BCUT2D eigenvalue weighted by Crippen LogP contribution is -2.20. The molecule has 0 aromatic carbocycles. The maximum Gasteiger partial charge on any atom is 0.160 e. The van der Waals surface area contributed by atoms with Crippen LogP contribution in [-0.4, -0.2) is 16.0 Å². The Hall–Kier alpha value is -1.21. The number of ketones is 1. The molecular weight excluding hydrogens is 268 g/mol. The van der Waals surface area contributed by atoms with Crippen LogP contribution in [0.25, 0.3) is 0 Å². The molecule has 0 aromatic heterocycles. The molecule has 0 amide bonds. The van der Waals surface area contributed by atoms with E-state index in [1.807, 2.05) is 6.92 Å². The van der Waals surface area contributed by atoms with Gasteiger partial charge in [0, 0.05) is 6.42 Å². The monoisotopic (exact) mass is 290 g/mol. The van der Waals surface area contributed by atoms with Gasteiger partial charge in [0.1, 0.15) is 0 Å². The Balaban J connectivity index is 0. The number of carbonyl (C=O) groups excluding carboxylic acids is 1. The van der Waals surface area contributed by atoms with Crippen LogP contribution >= 0.6 is 24.4 Å². The van der Waals surface area contributed by atoms with Gasteiger partial charge in [-0.1, -0.05) is 19.4 Å². The van der Waals surface area contributed by atoms with Crippen LogP contribution < -0.4 is 22.9 Å². The van der Waals surface area contributed by atoms with E-state index in [0.29, 0.717) is 6.42 Å². The SMILES string of the molecule is CC1=CC(=O)CC(C)(C)C1.NC(N)=S.NC(N)=S. The van der Waals surface area contributed by atoms with Crippen LogP contribution in [0.4, 0.5) is 0 Å². The second-order valence-electron chi connectivity index (χ2n) is 4.78. The maximum atomic E-state index is 11.0. The van der Waals surface area contributed by atoms with Gasteiger partial charge in [-0.25, -0.2) is 0 Å². The molecule has 0 aliphatic heterocycles. The average molecular weight is 290 g/mol. The fourth-order valence-corrected chi connectivity index (χ4v) is 1.67. The zero-order chi connectivity index (χ0) is 14.9. The van der Waals surface area contributed by atoms with Gasteiger partial charge in [-0.05, 0) is 49.3 Å². The lowest BCUT2D eigenvalue weighted by atomic mass is 9.77. The highest BCUT2D eigenvalue weighted by Crippen LogP contribution is 2.32. The fraction of sp³-hybridized carbons (Fsp3) is 0.545. The first kappa shape index (κ1) is 19.1. The number of rotatable bonds is 0. The topological polar surface area (TPSA) is 121 Å². The molecule has 0 atom stereocenters.